The number of rotatable bonds is 4. The fourth-order valence-corrected chi connectivity index (χ4v) is 3.16. The maximum absolute atomic E-state index is 12.7. The van der Waals surface area contributed by atoms with Gasteiger partial charge in [-0.1, -0.05) is 31.5 Å². The molecule has 0 bridgehead atoms. The largest absolute Gasteiger partial charge is 0.352 e. The lowest BCUT2D eigenvalue weighted by molar-refractivity contribution is 0.0950. The number of fused-ring (bicyclic) bond motifs is 1. The second-order valence-corrected chi connectivity index (χ2v) is 7.10. The molecule has 3 aromatic rings. The zero-order chi connectivity index (χ0) is 16.4. The fourth-order valence-electron chi connectivity index (χ4n) is 2.47. The molecule has 2 heterocycles. The number of nitrogens with one attached hydrogen (secondary N) is 1. The number of amides is 1. The number of carbonyl (C=O) groups excluding carboxylic acids is 1. The van der Waals surface area contributed by atoms with Crippen LogP contribution >= 0.6 is 11.3 Å². The van der Waals surface area contributed by atoms with E-state index >= 15 is 0 Å². The number of benzene rings is 1. The molecule has 1 aromatic carbocycles. The summed E-state index contributed by atoms with van der Waals surface area (Å²) in [7, 11) is 0. The van der Waals surface area contributed by atoms with E-state index in [0.29, 0.717) is 18.0 Å². The molecule has 0 unspecified atom stereocenters. The topological polar surface area (TPSA) is 42.0 Å². The van der Waals surface area contributed by atoms with Crippen LogP contribution in [0.3, 0.4) is 0 Å². The van der Waals surface area contributed by atoms with E-state index < -0.39 is 0 Å². The molecule has 0 saturated carbocycles. The Morgan fingerprint density at radius 2 is 2.09 bits per heavy atom. The molecule has 0 aliphatic heterocycles. The van der Waals surface area contributed by atoms with Gasteiger partial charge in [0.2, 0.25) is 0 Å². The number of aryl methyl sites for hydroxylation is 1. The van der Waals surface area contributed by atoms with Gasteiger partial charge in [-0.15, -0.1) is 11.3 Å². The summed E-state index contributed by atoms with van der Waals surface area (Å²) in [5.74, 6) is 0.389. The molecule has 0 spiro atoms. The quantitative estimate of drug-likeness (QED) is 0.758. The number of thiophene rings is 1. The van der Waals surface area contributed by atoms with Gasteiger partial charge in [-0.05, 0) is 42.5 Å². The molecule has 0 saturated heterocycles. The van der Waals surface area contributed by atoms with Gasteiger partial charge in [-0.25, -0.2) is 4.98 Å². The highest BCUT2D eigenvalue weighted by Crippen LogP contribution is 2.28. The summed E-state index contributed by atoms with van der Waals surface area (Å²) in [5, 5.41) is 5.95. The molecule has 0 atom stereocenters. The molecule has 3 nitrogen and oxygen atoms in total. The van der Waals surface area contributed by atoms with Crippen molar-refractivity contribution in [1.82, 2.24) is 10.3 Å². The Labute approximate surface area is 140 Å². The summed E-state index contributed by atoms with van der Waals surface area (Å²) >= 11 is 1.63. The zero-order valence-corrected chi connectivity index (χ0v) is 14.4. The second kappa shape index (κ2) is 6.50. The van der Waals surface area contributed by atoms with E-state index in [-0.39, 0.29) is 5.91 Å². The van der Waals surface area contributed by atoms with Gasteiger partial charge in [0, 0.05) is 11.9 Å². The molecule has 0 fully saturated rings. The normalized spacial score (nSPS) is 11.1. The minimum atomic E-state index is -0.0329. The van der Waals surface area contributed by atoms with Crippen molar-refractivity contribution in [2.24, 2.45) is 5.92 Å². The van der Waals surface area contributed by atoms with Crippen LogP contribution in [0, 0.1) is 12.8 Å². The lowest BCUT2D eigenvalue weighted by atomic mass is 10.0. The first kappa shape index (κ1) is 15.7. The van der Waals surface area contributed by atoms with E-state index in [2.05, 4.69) is 19.2 Å². The van der Waals surface area contributed by atoms with Crippen LogP contribution in [-0.4, -0.2) is 17.4 Å². The van der Waals surface area contributed by atoms with E-state index in [4.69, 9.17) is 4.98 Å². The van der Waals surface area contributed by atoms with Crippen LogP contribution in [0.5, 0.6) is 0 Å². The highest BCUT2D eigenvalue weighted by atomic mass is 32.1. The van der Waals surface area contributed by atoms with Crippen molar-refractivity contribution in [2.45, 2.75) is 20.8 Å². The summed E-state index contributed by atoms with van der Waals surface area (Å²) in [6.07, 6.45) is 0. The zero-order valence-electron chi connectivity index (χ0n) is 13.6. The van der Waals surface area contributed by atoms with E-state index in [1.54, 1.807) is 11.3 Å². The average molecular weight is 324 g/mol. The Hall–Kier alpha value is -2.20. The van der Waals surface area contributed by atoms with E-state index in [1.165, 1.54) is 0 Å². The molecule has 118 valence electrons. The van der Waals surface area contributed by atoms with Gasteiger partial charge < -0.3 is 5.32 Å². The monoisotopic (exact) mass is 324 g/mol. The number of hydrogen-bond acceptors (Lipinski definition) is 3. The maximum atomic E-state index is 12.7. The molecule has 4 heteroatoms. The fraction of sp³-hybridized carbons (Fsp3) is 0.263. The first-order valence-electron chi connectivity index (χ1n) is 7.78. The van der Waals surface area contributed by atoms with Crippen LogP contribution in [-0.2, 0) is 0 Å². The lowest BCUT2D eigenvalue weighted by Gasteiger charge is -2.12. The van der Waals surface area contributed by atoms with Crippen molar-refractivity contribution in [2.75, 3.05) is 6.54 Å². The molecular weight excluding hydrogens is 304 g/mol. The molecular formula is C19H20N2OS. The van der Waals surface area contributed by atoms with Crippen molar-refractivity contribution in [3.8, 4) is 10.6 Å². The second-order valence-electron chi connectivity index (χ2n) is 6.16. The highest BCUT2D eigenvalue weighted by Gasteiger charge is 2.14. The highest BCUT2D eigenvalue weighted by molar-refractivity contribution is 7.13. The average Bonchev–Trinajstić information content (AvgIpc) is 3.06. The number of carbonyl (C=O) groups is 1. The molecule has 3 rings (SSSR count). The Morgan fingerprint density at radius 1 is 1.26 bits per heavy atom. The third-order valence-electron chi connectivity index (χ3n) is 3.65. The lowest BCUT2D eigenvalue weighted by Crippen LogP contribution is -2.27. The Morgan fingerprint density at radius 3 is 2.78 bits per heavy atom. The molecule has 0 radical (unpaired) electrons. The van der Waals surface area contributed by atoms with Gasteiger partial charge in [0.05, 0.1) is 21.7 Å². The standard InChI is InChI=1S/C19H20N2OS/c1-12(2)11-20-19(22)15-10-17(18-5-4-8-23-18)21-16-7-6-13(3)9-14(15)16/h4-10,12H,11H2,1-3H3,(H,20,22). The van der Waals surface area contributed by atoms with Crippen molar-refractivity contribution in [1.29, 1.82) is 0 Å². The van der Waals surface area contributed by atoms with Crippen molar-refractivity contribution < 1.29 is 4.79 Å². The number of pyridine rings is 1. The molecule has 1 N–H and O–H groups in total. The van der Waals surface area contributed by atoms with Crippen LogP contribution < -0.4 is 5.32 Å². The summed E-state index contributed by atoms with van der Waals surface area (Å²) in [4.78, 5) is 18.5. The van der Waals surface area contributed by atoms with E-state index in [1.807, 2.05) is 48.7 Å². The summed E-state index contributed by atoms with van der Waals surface area (Å²) in [5.41, 5.74) is 3.53. The van der Waals surface area contributed by atoms with Crippen LogP contribution in [0.25, 0.3) is 21.5 Å². The van der Waals surface area contributed by atoms with E-state index in [0.717, 1.165) is 27.0 Å². The first-order chi connectivity index (χ1) is 11.0. The minimum Gasteiger partial charge on any atom is -0.352 e. The smallest absolute Gasteiger partial charge is 0.252 e. The molecule has 0 aliphatic rings. The van der Waals surface area contributed by atoms with Gasteiger partial charge in [-0.3, -0.25) is 4.79 Å². The van der Waals surface area contributed by atoms with Gasteiger partial charge in [0.1, 0.15) is 0 Å². The van der Waals surface area contributed by atoms with Crippen molar-refractivity contribution >= 4 is 28.1 Å². The van der Waals surface area contributed by atoms with Gasteiger partial charge in [0.15, 0.2) is 0 Å². The van der Waals surface area contributed by atoms with Crippen molar-refractivity contribution in [3.63, 3.8) is 0 Å². The number of hydrogen-bond donors (Lipinski definition) is 1. The molecule has 1 amide bonds. The molecule has 0 aliphatic carbocycles. The van der Waals surface area contributed by atoms with Crippen LogP contribution in [0.2, 0.25) is 0 Å². The Bertz CT molecular complexity index is 838. The van der Waals surface area contributed by atoms with Gasteiger partial charge in [0.25, 0.3) is 5.91 Å². The van der Waals surface area contributed by atoms with Crippen LogP contribution in [0.15, 0.2) is 41.8 Å². The SMILES string of the molecule is Cc1ccc2nc(-c3cccs3)cc(C(=O)NCC(C)C)c2c1. The summed E-state index contributed by atoms with van der Waals surface area (Å²) < 4.78 is 0. The van der Waals surface area contributed by atoms with Gasteiger partial charge >= 0.3 is 0 Å². The number of nitrogens with zero attached hydrogens (tertiary/aromatic N) is 1. The van der Waals surface area contributed by atoms with Crippen molar-refractivity contribution in [3.05, 3.63) is 52.9 Å². The first-order valence-corrected chi connectivity index (χ1v) is 8.66. The molecule has 23 heavy (non-hydrogen) atoms. The Balaban J connectivity index is 2.12. The van der Waals surface area contributed by atoms with E-state index in [9.17, 15) is 4.79 Å². The summed E-state index contributed by atoms with van der Waals surface area (Å²) in [6, 6.07) is 12.0. The Kier molecular flexibility index (Phi) is 4.44. The predicted molar refractivity (Wildman–Crippen MR) is 97.0 cm³/mol. The number of aromatic nitrogens is 1. The van der Waals surface area contributed by atoms with Crippen LogP contribution in [0.1, 0.15) is 29.8 Å². The third-order valence-corrected chi connectivity index (χ3v) is 4.55. The maximum Gasteiger partial charge on any atom is 0.252 e. The van der Waals surface area contributed by atoms with Crippen LogP contribution in [0.4, 0.5) is 0 Å². The molecule has 2 aromatic heterocycles. The summed E-state index contributed by atoms with van der Waals surface area (Å²) in [6.45, 7) is 6.88. The predicted octanol–water partition coefficient (Wildman–Crippen LogP) is 4.66. The minimum absolute atomic E-state index is 0.0329. The third kappa shape index (κ3) is 3.42. The van der Waals surface area contributed by atoms with Gasteiger partial charge in [-0.2, -0.15) is 0 Å².